The maximum atomic E-state index is 12.5. The predicted octanol–water partition coefficient (Wildman–Crippen LogP) is -0.489. The fourth-order valence-corrected chi connectivity index (χ4v) is 5.99. The van der Waals surface area contributed by atoms with Crippen LogP contribution in [-0.4, -0.2) is 25.9 Å². The molecule has 0 spiro atoms. The topological polar surface area (TPSA) is 114 Å². The number of benzene rings is 4. The molecule has 0 aliphatic rings. The molecule has 10 heteroatoms. The van der Waals surface area contributed by atoms with E-state index in [1.54, 1.807) is 66.8 Å². The Kier molecular flexibility index (Phi) is 11.9. The van der Waals surface area contributed by atoms with E-state index >= 15 is 0 Å². The van der Waals surface area contributed by atoms with Crippen LogP contribution in [0.25, 0.3) is 35.4 Å². The van der Waals surface area contributed by atoms with Crippen molar-refractivity contribution in [1.82, 2.24) is 0 Å². The van der Waals surface area contributed by atoms with Crippen LogP contribution in [0, 0.1) is 0 Å². The first-order chi connectivity index (χ1) is 17.1. The van der Waals surface area contributed by atoms with Gasteiger partial charge in [0, 0.05) is 11.1 Å². The van der Waals surface area contributed by atoms with Crippen LogP contribution in [0.5, 0.6) is 0 Å². The van der Waals surface area contributed by atoms with Gasteiger partial charge in [0.05, 0.1) is 9.79 Å². The summed E-state index contributed by atoms with van der Waals surface area (Å²) in [6, 6.07) is 27.4. The Morgan fingerprint density at radius 1 is 0.526 bits per heavy atom. The molecule has 4 aromatic carbocycles. The summed E-state index contributed by atoms with van der Waals surface area (Å²) in [5, 5.41) is 0. The molecule has 0 fully saturated rings. The third kappa shape index (κ3) is 8.09. The first-order valence-electron chi connectivity index (χ1n) is 10.8. The largest absolute Gasteiger partial charge is 1.00 e. The zero-order valence-corrected chi connectivity index (χ0v) is 26.4. The average molecular weight is 563 g/mol. The molecule has 4 aromatic rings. The van der Waals surface area contributed by atoms with Gasteiger partial charge in [0.2, 0.25) is 0 Å². The first kappa shape index (κ1) is 32.4. The minimum Gasteiger partial charge on any atom is -0.744 e. The van der Waals surface area contributed by atoms with Crippen LogP contribution in [0.2, 0.25) is 0 Å². The van der Waals surface area contributed by atoms with Crippen molar-refractivity contribution in [3.8, 4) is 11.1 Å². The van der Waals surface area contributed by atoms with Crippen LogP contribution >= 0.6 is 0 Å². The molecule has 0 heterocycles. The molecule has 182 valence electrons. The van der Waals surface area contributed by atoms with E-state index in [-0.39, 0.29) is 81.4 Å². The van der Waals surface area contributed by atoms with Gasteiger partial charge in [-0.15, -0.1) is 0 Å². The van der Waals surface area contributed by atoms with E-state index in [9.17, 15) is 25.9 Å². The molecule has 38 heavy (non-hydrogen) atoms. The van der Waals surface area contributed by atoms with Crippen molar-refractivity contribution in [2.24, 2.45) is 0 Å². The number of rotatable bonds is 7. The third-order valence-electron chi connectivity index (χ3n) is 5.39. The first-order valence-corrected chi connectivity index (χ1v) is 13.6. The van der Waals surface area contributed by atoms with Crippen LogP contribution < -0.4 is 59.1 Å². The van der Waals surface area contributed by atoms with Crippen LogP contribution in [0.3, 0.4) is 0 Å². The van der Waals surface area contributed by atoms with Gasteiger partial charge >= 0.3 is 59.1 Å². The Labute approximate surface area is 267 Å². The molecule has 0 saturated carbocycles. The zero-order chi connectivity index (χ0) is 25.8. The van der Waals surface area contributed by atoms with Gasteiger partial charge in [-0.05, 0) is 28.3 Å². The Bertz CT molecular complexity index is 1650. The van der Waals surface area contributed by atoms with Crippen molar-refractivity contribution in [2.45, 2.75) is 9.79 Å². The summed E-state index contributed by atoms with van der Waals surface area (Å²) in [4.78, 5) is -2.13. The van der Waals surface area contributed by atoms with Gasteiger partial charge in [-0.3, -0.25) is 0 Å². The smallest absolute Gasteiger partial charge is 0.744 e. The minimum absolute atomic E-state index is 0. The van der Waals surface area contributed by atoms with Gasteiger partial charge < -0.3 is 9.11 Å². The quantitative estimate of drug-likeness (QED) is 0.171. The summed E-state index contributed by atoms with van der Waals surface area (Å²) in [5.74, 6) is 0. The Balaban J connectivity index is 0.00000253. The molecule has 0 aliphatic heterocycles. The number of hydrogen-bond acceptors (Lipinski definition) is 6. The molecule has 0 atom stereocenters. The van der Waals surface area contributed by atoms with Crippen molar-refractivity contribution in [1.29, 1.82) is 0 Å². The van der Waals surface area contributed by atoms with E-state index in [0.717, 1.165) is 5.56 Å². The summed E-state index contributed by atoms with van der Waals surface area (Å²) in [6.07, 6.45) is 6.18. The Morgan fingerprint density at radius 2 is 0.947 bits per heavy atom. The fourth-order valence-electron chi connectivity index (χ4n) is 3.81. The molecule has 0 aromatic heterocycles. The van der Waals surface area contributed by atoms with E-state index < -0.39 is 30.0 Å². The summed E-state index contributed by atoms with van der Waals surface area (Å²) in [5.41, 5.74) is 1.67. The maximum absolute atomic E-state index is 12.5. The summed E-state index contributed by atoms with van der Waals surface area (Å²) in [7, 11) is -10.8. The van der Waals surface area contributed by atoms with Gasteiger partial charge in [0.15, 0.2) is 0 Å². The predicted molar refractivity (Wildman–Crippen MR) is 139 cm³/mol. The molecule has 0 N–H and O–H groups in total. The second-order valence-electron chi connectivity index (χ2n) is 7.85. The van der Waals surface area contributed by atoms with Crippen molar-refractivity contribution in [2.75, 3.05) is 0 Å². The van der Waals surface area contributed by atoms with Crippen LogP contribution in [0.15, 0.2) is 107 Å². The molecular formula is C28H20Na2O6S2. The molecule has 0 aliphatic carbocycles. The van der Waals surface area contributed by atoms with E-state index in [4.69, 9.17) is 0 Å². The summed E-state index contributed by atoms with van der Waals surface area (Å²) >= 11 is 0. The molecule has 6 nitrogen and oxygen atoms in total. The zero-order valence-electron chi connectivity index (χ0n) is 20.8. The van der Waals surface area contributed by atoms with E-state index in [1.165, 1.54) is 24.3 Å². The second kappa shape index (κ2) is 14.0. The van der Waals surface area contributed by atoms with Crippen molar-refractivity contribution in [3.05, 3.63) is 119 Å². The van der Waals surface area contributed by atoms with Crippen molar-refractivity contribution < 1.29 is 85.1 Å². The van der Waals surface area contributed by atoms with Gasteiger partial charge in [-0.2, -0.15) is 0 Å². The molecule has 0 amide bonds. The van der Waals surface area contributed by atoms with E-state index in [1.807, 2.05) is 30.3 Å². The monoisotopic (exact) mass is 562 g/mol. The van der Waals surface area contributed by atoms with Gasteiger partial charge in [0.1, 0.15) is 20.2 Å². The van der Waals surface area contributed by atoms with Gasteiger partial charge in [-0.1, -0.05) is 115 Å². The normalized spacial score (nSPS) is 11.7. The standard InChI is InChI=1S/C28H22O6S2.2Na/c29-35(30,31)27-25(19-17-22-12-6-2-7-13-22)24(18-16-21-10-4-1-5-11-21)20-26(28(27)36(32,33)34)23-14-8-3-9-15-23;;/h1-20H,(H,29,30,31)(H,32,33,34);;/q;2*+1/p-2. The molecule has 0 bridgehead atoms. The SMILES string of the molecule is O=S(=O)([O-])c1c(-c2ccccc2)cc(C=Cc2ccccc2)c(C=Cc2ccccc2)c1S(=O)(=O)[O-].[Na+].[Na+]. The fraction of sp³-hybridized carbons (Fsp3) is 0. The summed E-state index contributed by atoms with van der Waals surface area (Å²) in [6.45, 7) is 0. The van der Waals surface area contributed by atoms with Crippen LogP contribution in [0.1, 0.15) is 22.3 Å². The van der Waals surface area contributed by atoms with Gasteiger partial charge in [0.25, 0.3) is 0 Å². The van der Waals surface area contributed by atoms with Crippen LogP contribution in [-0.2, 0) is 20.2 Å². The molecular weight excluding hydrogens is 542 g/mol. The second-order valence-corrected chi connectivity index (χ2v) is 10.5. The van der Waals surface area contributed by atoms with E-state index in [0.29, 0.717) is 5.56 Å². The molecule has 0 radical (unpaired) electrons. The molecule has 4 rings (SSSR count). The van der Waals surface area contributed by atoms with E-state index in [2.05, 4.69) is 0 Å². The third-order valence-corrected chi connectivity index (χ3v) is 7.37. The molecule has 0 unspecified atom stereocenters. The van der Waals surface area contributed by atoms with Gasteiger partial charge in [-0.25, -0.2) is 16.8 Å². The summed E-state index contributed by atoms with van der Waals surface area (Å²) < 4.78 is 74.8. The van der Waals surface area contributed by atoms with Crippen molar-refractivity contribution in [3.63, 3.8) is 0 Å². The Hall–Kier alpha value is -1.82. The maximum Gasteiger partial charge on any atom is 1.00 e. The molecule has 0 saturated heterocycles. The van der Waals surface area contributed by atoms with Crippen molar-refractivity contribution >= 4 is 44.5 Å². The minimum atomic E-state index is -5.40. The average Bonchev–Trinajstić information content (AvgIpc) is 2.86. The Morgan fingerprint density at radius 3 is 1.39 bits per heavy atom. The number of hydrogen-bond donors (Lipinski definition) is 0. The van der Waals surface area contributed by atoms with Crippen LogP contribution in [0.4, 0.5) is 0 Å².